The van der Waals surface area contributed by atoms with E-state index in [0.717, 1.165) is 32.6 Å². The van der Waals surface area contributed by atoms with Gasteiger partial charge in [0.1, 0.15) is 0 Å². The Balaban J connectivity index is 0.000000640. The summed E-state index contributed by atoms with van der Waals surface area (Å²) >= 11 is 0. The zero-order valence-corrected chi connectivity index (χ0v) is 15.7. The number of ether oxygens (including phenoxy) is 1. The highest BCUT2D eigenvalue weighted by atomic mass is 16.6. The van der Waals surface area contributed by atoms with Crippen LogP contribution < -0.4 is 0 Å². The lowest BCUT2D eigenvalue weighted by Gasteiger charge is -2.35. The van der Waals surface area contributed by atoms with Gasteiger partial charge < -0.3 is 14.9 Å². The third-order valence-corrected chi connectivity index (χ3v) is 4.71. The molecule has 1 aliphatic rings. The molecule has 3 rings (SSSR count). The van der Waals surface area contributed by atoms with Crippen LogP contribution in [0.5, 0.6) is 0 Å². The molecule has 0 saturated heterocycles. The Kier molecular flexibility index (Phi) is 7.32. The average Bonchev–Trinajstić information content (AvgIpc) is 3.21. The van der Waals surface area contributed by atoms with Crippen molar-refractivity contribution < 1.29 is 29.3 Å². The van der Waals surface area contributed by atoms with E-state index in [4.69, 9.17) is 14.6 Å². The topological polar surface area (TPSA) is 101 Å². The van der Waals surface area contributed by atoms with E-state index in [0.29, 0.717) is 11.1 Å². The quantitative estimate of drug-likeness (QED) is 0.753. The summed E-state index contributed by atoms with van der Waals surface area (Å²) in [7, 11) is 0. The van der Waals surface area contributed by atoms with Crippen LogP contribution in [0.4, 0.5) is 0 Å². The number of benzene rings is 2. The van der Waals surface area contributed by atoms with E-state index in [2.05, 4.69) is 0 Å². The molecule has 6 heteroatoms. The molecule has 6 nitrogen and oxygen atoms in total. The predicted octanol–water partition coefficient (Wildman–Crippen LogP) is 4.10. The van der Waals surface area contributed by atoms with E-state index in [1.54, 1.807) is 54.6 Å². The summed E-state index contributed by atoms with van der Waals surface area (Å²) in [6.45, 7) is 1.08. The van der Waals surface area contributed by atoms with Crippen LogP contribution >= 0.6 is 0 Å². The van der Waals surface area contributed by atoms with E-state index in [1.165, 1.54) is 0 Å². The second-order valence-electron chi connectivity index (χ2n) is 6.66. The number of carbonyl (C=O) groups excluding carboxylic acids is 1. The molecule has 1 aliphatic carbocycles. The highest BCUT2D eigenvalue weighted by molar-refractivity contribution is 5.93. The lowest BCUT2D eigenvalue weighted by Crippen LogP contribution is -2.46. The lowest BCUT2D eigenvalue weighted by molar-refractivity contribution is -0.167. The van der Waals surface area contributed by atoms with E-state index < -0.39 is 23.5 Å². The number of carbonyl (C=O) groups is 3. The summed E-state index contributed by atoms with van der Waals surface area (Å²) in [5, 5.41) is 17.5. The molecule has 2 aromatic rings. The Bertz CT molecular complexity index is 792. The minimum Gasteiger partial charge on any atom is -0.481 e. The van der Waals surface area contributed by atoms with Crippen molar-refractivity contribution in [2.45, 2.75) is 38.2 Å². The fraction of sp³-hybridized carbons (Fsp3) is 0.318. The molecule has 148 valence electrons. The Morgan fingerprint density at radius 3 is 1.82 bits per heavy atom. The van der Waals surface area contributed by atoms with Crippen LogP contribution in [0.3, 0.4) is 0 Å². The Labute approximate surface area is 163 Å². The van der Waals surface area contributed by atoms with Crippen molar-refractivity contribution in [1.82, 2.24) is 0 Å². The van der Waals surface area contributed by atoms with Gasteiger partial charge in [0.15, 0.2) is 0 Å². The zero-order chi connectivity index (χ0) is 20.6. The Hall–Kier alpha value is -3.15. The Morgan fingerprint density at radius 1 is 0.893 bits per heavy atom. The maximum absolute atomic E-state index is 12.6. The highest BCUT2D eigenvalue weighted by Crippen LogP contribution is 2.44. The van der Waals surface area contributed by atoms with Crippen LogP contribution in [0.1, 0.15) is 48.5 Å². The first-order valence-electron chi connectivity index (χ1n) is 9.14. The molecule has 0 spiro atoms. The van der Waals surface area contributed by atoms with Crippen LogP contribution in [0.2, 0.25) is 0 Å². The number of hydrogen-bond acceptors (Lipinski definition) is 4. The highest BCUT2D eigenvalue weighted by Gasteiger charge is 2.52. The van der Waals surface area contributed by atoms with Crippen LogP contribution in [-0.4, -0.2) is 28.1 Å². The fourth-order valence-corrected chi connectivity index (χ4v) is 3.52. The minimum absolute atomic E-state index is 0.218. The predicted molar refractivity (Wildman–Crippen MR) is 103 cm³/mol. The van der Waals surface area contributed by atoms with E-state index in [1.807, 2.05) is 6.07 Å². The molecule has 0 aliphatic heterocycles. The van der Waals surface area contributed by atoms with Gasteiger partial charge in [-0.25, -0.2) is 9.59 Å². The smallest absolute Gasteiger partial charge is 0.353 e. The summed E-state index contributed by atoms with van der Waals surface area (Å²) in [5.74, 6) is -2.76. The van der Waals surface area contributed by atoms with E-state index in [9.17, 15) is 14.7 Å². The number of aliphatic carboxylic acids is 2. The van der Waals surface area contributed by atoms with Gasteiger partial charge in [-0.05, 0) is 25.0 Å². The van der Waals surface area contributed by atoms with Crippen LogP contribution in [0.25, 0.3) is 0 Å². The van der Waals surface area contributed by atoms with E-state index in [-0.39, 0.29) is 5.92 Å². The van der Waals surface area contributed by atoms with Crippen LogP contribution in [0, 0.1) is 5.92 Å². The summed E-state index contributed by atoms with van der Waals surface area (Å²) in [6, 6.07) is 17.4. The minimum atomic E-state index is -1.63. The third-order valence-electron chi connectivity index (χ3n) is 4.71. The molecule has 0 heterocycles. The molecular formula is C22H24O6. The fourth-order valence-electron chi connectivity index (χ4n) is 3.52. The van der Waals surface area contributed by atoms with Gasteiger partial charge >= 0.3 is 11.9 Å². The summed E-state index contributed by atoms with van der Waals surface area (Å²) in [5.41, 5.74) is -0.754. The van der Waals surface area contributed by atoms with E-state index >= 15 is 0 Å². The number of carboxylic acids is 2. The van der Waals surface area contributed by atoms with Gasteiger partial charge in [-0.15, -0.1) is 0 Å². The lowest BCUT2D eigenvalue weighted by atomic mass is 9.79. The molecule has 1 saturated carbocycles. The molecule has 1 unspecified atom stereocenters. The van der Waals surface area contributed by atoms with Gasteiger partial charge in [0.25, 0.3) is 5.97 Å². The molecule has 1 fully saturated rings. The molecular weight excluding hydrogens is 360 g/mol. The molecule has 0 aromatic heterocycles. The Morgan fingerprint density at radius 2 is 1.36 bits per heavy atom. The first-order chi connectivity index (χ1) is 13.4. The SMILES string of the molecule is CC(=O)O.O=C(OC(C(=O)O)(c1ccccc1)C1CCCC1)c1ccccc1. The van der Waals surface area contributed by atoms with Gasteiger partial charge in [0.2, 0.25) is 5.60 Å². The van der Waals surface area contributed by atoms with Crippen molar-refractivity contribution in [3.8, 4) is 0 Å². The summed E-state index contributed by atoms with van der Waals surface area (Å²) < 4.78 is 5.72. The monoisotopic (exact) mass is 384 g/mol. The normalized spacial score (nSPS) is 15.6. The molecule has 28 heavy (non-hydrogen) atoms. The molecule has 2 aromatic carbocycles. The summed E-state index contributed by atoms with van der Waals surface area (Å²) in [6.07, 6.45) is 3.39. The van der Waals surface area contributed by atoms with Crippen molar-refractivity contribution in [3.05, 3.63) is 71.8 Å². The summed E-state index contributed by atoms with van der Waals surface area (Å²) in [4.78, 5) is 33.9. The zero-order valence-electron chi connectivity index (χ0n) is 15.7. The van der Waals surface area contributed by atoms with Gasteiger partial charge in [-0.3, -0.25) is 4.79 Å². The van der Waals surface area contributed by atoms with Gasteiger partial charge in [0.05, 0.1) is 5.56 Å². The number of carboxylic acid groups (broad SMARTS) is 2. The van der Waals surface area contributed by atoms with Crippen molar-refractivity contribution in [2.75, 3.05) is 0 Å². The average molecular weight is 384 g/mol. The number of hydrogen-bond donors (Lipinski definition) is 2. The second-order valence-corrected chi connectivity index (χ2v) is 6.66. The molecule has 0 amide bonds. The largest absolute Gasteiger partial charge is 0.481 e. The van der Waals surface area contributed by atoms with Crippen molar-refractivity contribution in [2.24, 2.45) is 5.92 Å². The third kappa shape index (κ3) is 4.97. The van der Waals surface area contributed by atoms with Crippen molar-refractivity contribution in [3.63, 3.8) is 0 Å². The first-order valence-corrected chi connectivity index (χ1v) is 9.14. The van der Waals surface area contributed by atoms with Crippen LogP contribution in [0.15, 0.2) is 60.7 Å². The number of esters is 1. The van der Waals surface area contributed by atoms with Crippen molar-refractivity contribution in [1.29, 1.82) is 0 Å². The first kappa shape index (κ1) is 21.2. The van der Waals surface area contributed by atoms with Crippen molar-refractivity contribution >= 4 is 17.9 Å². The number of rotatable bonds is 5. The standard InChI is InChI=1S/C20H20O4.C2H4O2/c21-18(15-9-3-1-4-10-15)24-20(19(22)23,17-13-7-8-14-17)16-11-5-2-6-12-16;1-2(3)4/h1-6,9-12,17H,7-8,13-14H2,(H,22,23);1H3,(H,3,4). The molecule has 0 radical (unpaired) electrons. The maximum Gasteiger partial charge on any atom is 0.353 e. The molecule has 0 bridgehead atoms. The van der Waals surface area contributed by atoms with Gasteiger partial charge in [0, 0.05) is 18.4 Å². The molecule has 2 N–H and O–H groups in total. The molecule has 1 atom stereocenters. The van der Waals surface area contributed by atoms with Crippen LogP contribution in [-0.2, 0) is 19.9 Å². The van der Waals surface area contributed by atoms with Gasteiger partial charge in [-0.2, -0.15) is 0 Å². The van der Waals surface area contributed by atoms with Gasteiger partial charge in [-0.1, -0.05) is 61.4 Å². The second kappa shape index (κ2) is 9.69. The maximum atomic E-state index is 12.6.